The van der Waals surface area contributed by atoms with Crippen molar-refractivity contribution in [3.8, 4) is 33.8 Å². The number of benzene rings is 3. The van der Waals surface area contributed by atoms with E-state index in [0.717, 1.165) is 22.3 Å². The van der Waals surface area contributed by atoms with E-state index >= 15 is 0 Å². The van der Waals surface area contributed by atoms with Crippen molar-refractivity contribution in [1.29, 1.82) is 0 Å². The Kier molecular flexibility index (Phi) is 4.76. The Morgan fingerprint density at radius 3 is 1.35 bits per heavy atom. The molecule has 4 heteroatoms. The minimum atomic E-state index is 0.635. The molecule has 0 bridgehead atoms. The summed E-state index contributed by atoms with van der Waals surface area (Å²) < 4.78 is 10.7. The highest BCUT2D eigenvalue weighted by molar-refractivity contribution is 5.79. The van der Waals surface area contributed by atoms with E-state index in [-0.39, 0.29) is 0 Å². The zero-order valence-corrected chi connectivity index (χ0v) is 15.6. The first-order chi connectivity index (χ1) is 12.4. The second-order valence-corrected chi connectivity index (χ2v) is 6.40. The number of rotatable bonds is 4. The van der Waals surface area contributed by atoms with Crippen molar-refractivity contribution in [3.05, 3.63) is 59.7 Å². The van der Waals surface area contributed by atoms with E-state index in [2.05, 4.69) is 26.0 Å². The lowest BCUT2D eigenvalue weighted by Crippen LogP contribution is -1.95. The third-order valence-electron chi connectivity index (χ3n) is 4.66. The monoisotopic (exact) mass is 348 g/mol. The summed E-state index contributed by atoms with van der Waals surface area (Å²) in [5.41, 5.74) is 20.0. The zero-order valence-electron chi connectivity index (χ0n) is 15.6. The van der Waals surface area contributed by atoms with Crippen LogP contribution in [0.1, 0.15) is 11.1 Å². The van der Waals surface area contributed by atoms with Gasteiger partial charge >= 0.3 is 0 Å². The van der Waals surface area contributed by atoms with Gasteiger partial charge in [-0.05, 0) is 71.5 Å². The van der Waals surface area contributed by atoms with Gasteiger partial charge in [-0.1, -0.05) is 24.3 Å². The molecule has 0 aromatic heterocycles. The first-order valence-electron chi connectivity index (χ1n) is 8.43. The maximum atomic E-state index is 5.94. The van der Waals surface area contributed by atoms with Crippen molar-refractivity contribution >= 4 is 11.4 Å². The molecule has 0 unspecified atom stereocenters. The standard InChI is InChI=1S/C22H24N2O2/c1-13-9-18(16-6-8-20(24)22(12-16)26-4)14(2)10-17(13)15-5-7-19(23)21(11-15)25-3/h5-12H,23-24H2,1-4H3. The van der Waals surface area contributed by atoms with Gasteiger partial charge in [0, 0.05) is 0 Å². The lowest BCUT2D eigenvalue weighted by Gasteiger charge is -2.15. The summed E-state index contributed by atoms with van der Waals surface area (Å²) in [5, 5.41) is 0. The van der Waals surface area contributed by atoms with Gasteiger partial charge in [0.15, 0.2) is 0 Å². The second-order valence-electron chi connectivity index (χ2n) is 6.40. The molecule has 3 aromatic carbocycles. The Bertz CT molecular complexity index is 885. The topological polar surface area (TPSA) is 70.5 Å². The van der Waals surface area contributed by atoms with Crippen molar-refractivity contribution in [2.24, 2.45) is 0 Å². The minimum absolute atomic E-state index is 0.635. The SMILES string of the molecule is COc1cc(-c2cc(C)c(-c3ccc(N)c(OC)c3)cc2C)ccc1N. The molecule has 134 valence electrons. The third-order valence-corrected chi connectivity index (χ3v) is 4.66. The van der Waals surface area contributed by atoms with Crippen molar-refractivity contribution in [2.75, 3.05) is 25.7 Å². The van der Waals surface area contributed by atoms with Crippen LogP contribution in [0.25, 0.3) is 22.3 Å². The van der Waals surface area contributed by atoms with Gasteiger partial charge in [0.25, 0.3) is 0 Å². The molecule has 0 heterocycles. The highest BCUT2D eigenvalue weighted by Gasteiger charge is 2.11. The van der Waals surface area contributed by atoms with Crippen molar-refractivity contribution in [1.82, 2.24) is 0 Å². The van der Waals surface area contributed by atoms with Crippen LogP contribution in [0.5, 0.6) is 11.5 Å². The number of methoxy groups -OCH3 is 2. The predicted molar refractivity (Wildman–Crippen MR) is 109 cm³/mol. The minimum Gasteiger partial charge on any atom is -0.495 e. The van der Waals surface area contributed by atoms with E-state index < -0.39 is 0 Å². The molecule has 0 atom stereocenters. The van der Waals surface area contributed by atoms with Gasteiger partial charge in [0.2, 0.25) is 0 Å². The number of hydrogen-bond acceptors (Lipinski definition) is 4. The number of aryl methyl sites for hydroxylation is 2. The maximum Gasteiger partial charge on any atom is 0.142 e. The molecular weight excluding hydrogens is 324 g/mol. The number of nitrogen functional groups attached to an aromatic ring is 2. The summed E-state index contributed by atoms with van der Waals surface area (Å²) in [6.45, 7) is 4.21. The predicted octanol–water partition coefficient (Wildman–Crippen LogP) is 4.82. The van der Waals surface area contributed by atoms with E-state index in [9.17, 15) is 0 Å². The van der Waals surface area contributed by atoms with E-state index in [4.69, 9.17) is 20.9 Å². The van der Waals surface area contributed by atoms with E-state index in [1.165, 1.54) is 11.1 Å². The summed E-state index contributed by atoms with van der Waals surface area (Å²) in [6, 6.07) is 16.1. The average Bonchev–Trinajstić information content (AvgIpc) is 2.64. The zero-order chi connectivity index (χ0) is 18.8. The van der Waals surface area contributed by atoms with Crippen LogP contribution in [0.2, 0.25) is 0 Å². The van der Waals surface area contributed by atoms with E-state index in [1.54, 1.807) is 14.2 Å². The quantitative estimate of drug-likeness (QED) is 0.663. The Balaban J connectivity index is 2.09. The number of hydrogen-bond donors (Lipinski definition) is 2. The van der Waals surface area contributed by atoms with Crippen molar-refractivity contribution in [2.45, 2.75) is 13.8 Å². The fourth-order valence-corrected chi connectivity index (χ4v) is 3.20. The van der Waals surface area contributed by atoms with Gasteiger partial charge in [-0.3, -0.25) is 0 Å². The smallest absolute Gasteiger partial charge is 0.142 e. The van der Waals surface area contributed by atoms with Crippen LogP contribution in [0, 0.1) is 13.8 Å². The molecule has 0 saturated heterocycles. The Hall–Kier alpha value is -3.14. The van der Waals surface area contributed by atoms with Crippen LogP contribution in [-0.4, -0.2) is 14.2 Å². The molecule has 4 nitrogen and oxygen atoms in total. The summed E-state index contributed by atoms with van der Waals surface area (Å²) in [6.07, 6.45) is 0. The average molecular weight is 348 g/mol. The molecule has 3 rings (SSSR count). The largest absolute Gasteiger partial charge is 0.495 e. The third kappa shape index (κ3) is 3.18. The van der Waals surface area contributed by atoms with E-state index in [1.807, 2.05) is 36.4 Å². The van der Waals surface area contributed by atoms with Gasteiger partial charge in [-0.25, -0.2) is 0 Å². The molecule has 0 aliphatic heterocycles. The maximum absolute atomic E-state index is 5.94. The fraction of sp³-hybridized carbons (Fsp3) is 0.182. The Morgan fingerprint density at radius 1 is 0.615 bits per heavy atom. The molecule has 3 aromatic rings. The molecule has 0 fully saturated rings. The van der Waals surface area contributed by atoms with Gasteiger partial charge in [-0.2, -0.15) is 0 Å². The lowest BCUT2D eigenvalue weighted by molar-refractivity contribution is 0.417. The first kappa shape index (κ1) is 17.7. The second kappa shape index (κ2) is 7.00. The molecule has 0 aliphatic rings. The molecule has 0 amide bonds. The highest BCUT2D eigenvalue weighted by atomic mass is 16.5. The first-order valence-corrected chi connectivity index (χ1v) is 8.43. The molecule has 0 saturated carbocycles. The number of ether oxygens (including phenoxy) is 2. The fourth-order valence-electron chi connectivity index (χ4n) is 3.20. The highest BCUT2D eigenvalue weighted by Crippen LogP contribution is 2.36. The van der Waals surface area contributed by atoms with Crippen molar-refractivity contribution < 1.29 is 9.47 Å². The van der Waals surface area contributed by atoms with Gasteiger partial charge in [0.05, 0.1) is 25.6 Å². The molecule has 4 N–H and O–H groups in total. The lowest BCUT2D eigenvalue weighted by atomic mass is 9.91. The summed E-state index contributed by atoms with van der Waals surface area (Å²) in [7, 11) is 3.26. The van der Waals surface area contributed by atoms with Crippen LogP contribution in [0.4, 0.5) is 11.4 Å². The molecule has 0 radical (unpaired) electrons. The molecule has 0 aliphatic carbocycles. The molecule has 26 heavy (non-hydrogen) atoms. The summed E-state index contributed by atoms with van der Waals surface area (Å²) in [5.74, 6) is 1.37. The Labute approximate surface area is 154 Å². The van der Waals surface area contributed by atoms with Gasteiger partial charge < -0.3 is 20.9 Å². The van der Waals surface area contributed by atoms with Crippen LogP contribution >= 0.6 is 0 Å². The normalized spacial score (nSPS) is 10.6. The van der Waals surface area contributed by atoms with Crippen LogP contribution in [0.3, 0.4) is 0 Å². The Morgan fingerprint density at radius 2 is 1.00 bits per heavy atom. The summed E-state index contributed by atoms with van der Waals surface area (Å²) in [4.78, 5) is 0. The van der Waals surface area contributed by atoms with Crippen LogP contribution < -0.4 is 20.9 Å². The van der Waals surface area contributed by atoms with Crippen LogP contribution in [0.15, 0.2) is 48.5 Å². The number of anilines is 2. The summed E-state index contributed by atoms with van der Waals surface area (Å²) >= 11 is 0. The van der Waals surface area contributed by atoms with Gasteiger partial charge in [0.1, 0.15) is 11.5 Å². The van der Waals surface area contributed by atoms with Crippen molar-refractivity contribution in [3.63, 3.8) is 0 Å². The number of nitrogens with two attached hydrogens (primary N) is 2. The van der Waals surface area contributed by atoms with E-state index in [0.29, 0.717) is 22.9 Å². The van der Waals surface area contributed by atoms with Gasteiger partial charge in [-0.15, -0.1) is 0 Å². The molecular formula is C22H24N2O2. The van der Waals surface area contributed by atoms with Crippen LogP contribution in [-0.2, 0) is 0 Å². The molecule has 0 spiro atoms.